The number of carbonyl (C=O) groups excluding carboxylic acids is 2. The first-order valence-corrected chi connectivity index (χ1v) is 12.2. The number of carbonyl (C=O) groups is 3. The van der Waals surface area contributed by atoms with E-state index in [1.165, 1.54) is 0 Å². The molecule has 8 heteroatoms. The average Bonchev–Trinajstić information content (AvgIpc) is 3.44. The highest BCUT2D eigenvalue weighted by Gasteiger charge is 2.41. The number of fused-ring (bicyclic) bond motifs is 3. The summed E-state index contributed by atoms with van der Waals surface area (Å²) >= 11 is 0. The minimum atomic E-state index is -0.823. The summed E-state index contributed by atoms with van der Waals surface area (Å²) in [5.41, 5.74) is 4.59. The molecular formula is C27H30N2O6. The fraction of sp³-hybridized carbons (Fsp3) is 0.444. The number of alkyl carbamates (subject to hydrolysis) is 1. The molecule has 2 aromatic rings. The zero-order valence-electron chi connectivity index (χ0n) is 19.7. The van der Waals surface area contributed by atoms with Gasteiger partial charge in [0.05, 0.1) is 12.0 Å². The van der Waals surface area contributed by atoms with Crippen molar-refractivity contribution < 1.29 is 29.0 Å². The lowest BCUT2D eigenvalue weighted by Gasteiger charge is -2.38. The van der Waals surface area contributed by atoms with E-state index in [1.54, 1.807) is 4.90 Å². The van der Waals surface area contributed by atoms with Gasteiger partial charge in [-0.3, -0.25) is 9.59 Å². The summed E-state index contributed by atoms with van der Waals surface area (Å²) in [6, 6.07) is 15.6. The molecule has 0 radical (unpaired) electrons. The lowest BCUT2D eigenvalue weighted by molar-refractivity contribution is -0.151. The van der Waals surface area contributed by atoms with Gasteiger partial charge in [0.1, 0.15) is 6.61 Å². The van der Waals surface area contributed by atoms with Crippen molar-refractivity contribution in [1.29, 1.82) is 0 Å². The van der Waals surface area contributed by atoms with Gasteiger partial charge in [-0.2, -0.15) is 0 Å². The molecule has 0 saturated carbocycles. The maximum atomic E-state index is 13.2. The van der Waals surface area contributed by atoms with E-state index < -0.39 is 30.1 Å². The van der Waals surface area contributed by atoms with Crippen LogP contribution in [-0.4, -0.2) is 65.9 Å². The normalized spacial score (nSPS) is 25.6. The van der Waals surface area contributed by atoms with Gasteiger partial charge < -0.3 is 24.8 Å². The molecule has 2 amide bonds. The lowest BCUT2D eigenvalue weighted by atomic mass is 9.91. The standard InChI is InChI=1S/C27H30N2O6/c1-16-14-17(26(31)32)10-12-29(16)25(30)24-23(11-13-34-24)28-27(33)35-15-22-20-8-4-2-6-18(20)19-7-3-5-9-21(19)22/h2-9,16-17,22-24H,10-15H2,1H3,(H,28,33)(H,31,32)/t16?,17?,23-,24+/m1/s1. The molecule has 2 aromatic carbocycles. The van der Waals surface area contributed by atoms with Crippen molar-refractivity contribution in [3.05, 3.63) is 59.7 Å². The van der Waals surface area contributed by atoms with Crippen LogP contribution in [0.4, 0.5) is 4.79 Å². The van der Waals surface area contributed by atoms with E-state index in [0.29, 0.717) is 32.4 Å². The van der Waals surface area contributed by atoms with Crippen molar-refractivity contribution in [2.75, 3.05) is 19.8 Å². The molecule has 2 aliphatic heterocycles. The number of hydrogen-bond donors (Lipinski definition) is 2. The second-order valence-electron chi connectivity index (χ2n) is 9.60. The quantitative estimate of drug-likeness (QED) is 0.683. The average molecular weight is 479 g/mol. The number of carboxylic acids is 1. The summed E-state index contributed by atoms with van der Waals surface area (Å²) in [4.78, 5) is 38.9. The second kappa shape index (κ2) is 9.70. The molecule has 2 heterocycles. The van der Waals surface area contributed by atoms with E-state index in [9.17, 15) is 19.5 Å². The molecule has 5 rings (SSSR count). The van der Waals surface area contributed by atoms with Crippen LogP contribution < -0.4 is 5.32 Å². The Morgan fingerprint density at radius 1 is 1.06 bits per heavy atom. The lowest BCUT2D eigenvalue weighted by Crippen LogP contribution is -2.54. The molecule has 8 nitrogen and oxygen atoms in total. The zero-order chi connectivity index (χ0) is 24.5. The maximum absolute atomic E-state index is 13.2. The number of ether oxygens (including phenoxy) is 2. The van der Waals surface area contributed by atoms with Gasteiger partial charge in [-0.1, -0.05) is 48.5 Å². The number of rotatable bonds is 5. The number of nitrogens with one attached hydrogen (secondary N) is 1. The zero-order valence-corrected chi connectivity index (χ0v) is 19.7. The Kier molecular flexibility index (Phi) is 6.47. The van der Waals surface area contributed by atoms with Crippen LogP contribution in [0, 0.1) is 5.92 Å². The SMILES string of the molecule is CC1CC(C(=O)O)CCN1C(=O)[C@H]1OCC[C@H]1NC(=O)OCC1c2ccccc2-c2ccccc21. The van der Waals surface area contributed by atoms with Crippen LogP contribution in [0.15, 0.2) is 48.5 Å². The number of aliphatic carboxylic acids is 1. The number of benzene rings is 2. The molecule has 0 bridgehead atoms. The molecule has 1 aliphatic carbocycles. The highest BCUT2D eigenvalue weighted by atomic mass is 16.6. The van der Waals surface area contributed by atoms with Gasteiger partial charge in [0.2, 0.25) is 0 Å². The highest BCUT2D eigenvalue weighted by Crippen LogP contribution is 2.44. The number of piperidine rings is 1. The number of carboxylic acid groups (broad SMARTS) is 1. The third kappa shape index (κ3) is 4.50. The Hall–Kier alpha value is -3.39. The summed E-state index contributed by atoms with van der Waals surface area (Å²) in [7, 11) is 0. The Bertz CT molecular complexity index is 1090. The van der Waals surface area contributed by atoms with Gasteiger partial charge in [-0.25, -0.2) is 4.79 Å². The topological polar surface area (TPSA) is 105 Å². The highest BCUT2D eigenvalue weighted by molar-refractivity contribution is 5.84. The summed E-state index contributed by atoms with van der Waals surface area (Å²) in [5.74, 6) is -1.51. The number of hydrogen-bond acceptors (Lipinski definition) is 5. The van der Waals surface area contributed by atoms with E-state index in [2.05, 4.69) is 29.6 Å². The smallest absolute Gasteiger partial charge is 0.407 e. The first-order chi connectivity index (χ1) is 16.9. The monoisotopic (exact) mass is 478 g/mol. The Morgan fingerprint density at radius 2 is 1.71 bits per heavy atom. The van der Waals surface area contributed by atoms with E-state index >= 15 is 0 Å². The van der Waals surface area contributed by atoms with Crippen molar-refractivity contribution in [2.45, 2.75) is 50.3 Å². The fourth-order valence-electron chi connectivity index (χ4n) is 5.66. The van der Waals surface area contributed by atoms with Crippen LogP contribution in [-0.2, 0) is 19.1 Å². The minimum absolute atomic E-state index is 0.0400. The Labute approximate surface area is 204 Å². The summed E-state index contributed by atoms with van der Waals surface area (Å²) in [6.07, 6.45) is -0.0151. The predicted octanol–water partition coefficient (Wildman–Crippen LogP) is 3.39. The first-order valence-electron chi connectivity index (χ1n) is 12.2. The summed E-state index contributed by atoms with van der Waals surface area (Å²) in [6.45, 7) is 2.79. The van der Waals surface area contributed by atoms with E-state index in [-0.39, 0.29) is 24.5 Å². The molecule has 3 aliphatic rings. The third-order valence-corrected chi connectivity index (χ3v) is 7.49. The van der Waals surface area contributed by atoms with Crippen LogP contribution in [0.1, 0.15) is 43.2 Å². The molecule has 2 saturated heterocycles. The molecule has 4 atom stereocenters. The van der Waals surface area contributed by atoms with Gasteiger partial charge in [-0.05, 0) is 48.4 Å². The van der Waals surface area contributed by atoms with Crippen LogP contribution in [0.5, 0.6) is 0 Å². The number of likely N-dealkylation sites (tertiary alicyclic amines) is 1. The van der Waals surface area contributed by atoms with Gasteiger partial charge in [0.15, 0.2) is 6.10 Å². The third-order valence-electron chi connectivity index (χ3n) is 7.49. The van der Waals surface area contributed by atoms with E-state index in [0.717, 1.165) is 22.3 Å². The van der Waals surface area contributed by atoms with Crippen molar-refractivity contribution in [3.63, 3.8) is 0 Å². The van der Waals surface area contributed by atoms with Crippen molar-refractivity contribution in [3.8, 4) is 11.1 Å². The molecule has 2 N–H and O–H groups in total. The van der Waals surface area contributed by atoms with Crippen molar-refractivity contribution in [1.82, 2.24) is 10.2 Å². The van der Waals surface area contributed by atoms with Crippen LogP contribution in [0.25, 0.3) is 11.1 Å². The molecular weight excluding hydrogens is 448 g/mol. The van der Waals surface area contributed by atoms with Crippen molar-refractivity contribution >= 4 is 18.0 Å². The van der Waals surface area contributed by atoms with E-state index in [1.807, 2.05) is 31.2 Å². The molecule has 184 valence electrons. The molecule has 2 unspecified atom stereocenters. The largest absolute Gasteiger partial charge is 0.481 e. The van der Waals surface area contributed by atoms with Crippen molar-refractivity contribution in [2.24, 2.45) is 5.92 Å². The molecule has 35 heavy (non-hydrogen) atoms. The maximum Gasteiger partial charge on any atom is 0.407 e. The van der Waals surface area contributed by atoms with E-state index in [4.69, 9.17) is 9.47 Å². The number of amides is 2. The predicted molar refractivity (Wildman–Crippen MR) is 128 cm³/mol. The number of nitrogens with zero attached hydrogens (tertiary/aromatic N) is 1. The minimum Gasteiger partial charge on any atom is -0.481 e. The Balaban J connectivity index is 1.20. The second-order valence-corrected chi connectivity index (χ2v) is 9.60. The van der Waals surface area contributed by atoms with Crippen LogP contribution in [0.3, 0.4) is 0 Å². The molecule has 2 fully saturated rings. The van der Waals surface area contributed by atoms with Gasteiger partial charge in [0.25, 0.3) is 5.91 Å². The summed E-state index contributed by atoms with van der Waals surface area (Å²) < 4.78 is 11.3. The Morgan fingerprint density at radius 3 is 2.34 bits per heavy atom. The molecule has 0 aromatic heterocycles. The van der Waals surface area contributed by atoms with Crippen LogP contribution >= 0.6 is 0 Å². The summed E-state index contributed by atoms with van der Waals surface area (Å²) in [5, 5.41) is 12.1. The van der Waals surface area contributed by atoms with Gasteiger partial charge in [0, 0.05) is 25.1 Å². The first kappa shape index (κ1) is 23.4. The molecule has 0 spiro atoms. The fourth-order valence-corrected chi connectivity index (χ4v) is 5.66. The van der Waals surface area contributed by atoms with Gasteiger partial charge in [-0.15, -0.1) is 0 Å². The van der Waals surface area contributed by atoms with Crippen LogP contribution in [0.2, 0.25) is 0 Å². The van der Waals surface area contributed by atoms with Gasteiger partial charge >= 0.3 is 12.1 Å².